The Morgan fingerprint density at radius 3 is 2.69 bits per heavy atom. The number of nitrogens with zero attached hydrogens (tertiary/aromatic N) is 1. The molecule has 2 rings (SSSR count). The fraction of sp³-hybridized carbons (Fsp3) is 0.917. The van der Waals surface area contributed by atoms with Gasteiger partial charge in [-0.1, -0.05) is 6.92 Å². The van der Waals surface area contributed by atoms with Gasteiger partial charge in [0.15, 0.2) is 0 Å². The number of hydrogen-bond donors (Lipinski definition) is 1. The number of rotatable bonds is 4. The molecule has 1 amide bonds. The van der Waals surface area contributed by atoms with Gasteiger partial charge in [0.1, 0.15) is 0 Å². The number of carbonyl (C=O) groups excluding carboxylic acids is 1. The van der Waals surface area contributed by atoms with Gasteiger partial charge < -0.3 is 9.64 Å². The third-order valence-electron chi connectivity index (χ3n) is 3.99. The molecule has 1 heterocycles. The van der Waals surface area contributed by atoms with Crippen molar-refractivity contribution in [1.29, 1.82) is 0 Å². The summed E-state index contributed by atoms with van der Waals surface area (Å²) in [4.78, 5) is 14.2. The fourth-order valence-electron chi connectivity index (χ4n) is 2.46. The van der Waals surface area contributed by atoms with Crippen molar-refractivity contribution < 1.29 is 9.53 Å². The molecule has 0 radical (unpaired) electrons. The molecule has 1 aliphatic carbocycles. The van der Waals surface area contributed by atoms with Crippen LogP contribution >= 0.6 is 0 Å². The molecule has 92 valence electrons. The average Bonchev–Trinajstić information content (AvgIpc) is 2.51. The molecular weight excluding hydrogens is 204 g/mol. The molecule has 1 atom stereocenters. The van der Waals surface area contributed by atoms with E-state index in [0.717, 1.165) is 25.9 Å². The second kappa shape index (κ2) is 4.34. The minimum absolute atomic E-state index is 0.259. The second-order valence-corrected chi connectivity index (χ2v) is 5.00. The van der Waals surface area contributed by atoms with Crippen molar-refractivity contribution in [2.24, 2.45) is 0 Å². The number of carbonyl (C=O) groups is 1. The van der Waals surface area contributed by atoms with Gasteiger partial charge in [0.25, 0.3) is 0 Å². The molecule has 4 heteroatoms. The molecule has 2 fully saturated rings. The topological polar surface area (TPSA) is 41.6 Å². The minimum Gasteiger partial charge on any atom is -0.378 e. The summed E-state index contributed by atoms with van der Waals surface area (Å²) in [6, 6.07) is 0.393. The second-order valence-electron chi connectivity index (χ2n) is 5.00. The Balaban J connectivity index is 1.87. The molecule has 2 aliphatic rings. The van der Waals surface area contributed by atoms with E-state index in [0.29, 0.717) is 18.8 Å². The average molecular weight is 226 g/mol. The predicted octanol–water partition coefficient (Wildman–Crippen LogP) is 1.11. The van der Waals surface area contributed by atoms with Crippen LogP contribution in [0.3, 0.4) is 0 Å². The number of amides is 1. The number of nitrogens with one attached hydrogen (secondary N) is 1. The Labute approximate surface area is 97.3 Å². The van der Waals surface area contributed by atoms with Gasteiger partial charge >= 0.3 is 0 Å². The van der Waals surface area contributed by atoms with Crippen LogP contribution in [0.15, 0.2) is 0 Å². The van der Waals surface area contributed by atoms with E-state index in [9.17, 15) is 4.79 Å². The van der Waals surface area contributed by atoms with Crippen molar-refractivity contribution in [3.63, 3.8) is 0 Å². The SMILES string of the molecule is CCOC1CC(N2CNC(C)(CC)C2=O)C1. The molecule has 1 saturated heterocycles. The van der Waals surface area contributed by atoms with Crippen LogP contribution in [-0.2, 0) is 9.53 Å². The van der Waals surface area contributed by atoms with Gasteiger partial charge in [0.2, 0.25) is 5.91 Å². The first kappa shape index (κ1) is 11.9. The van der Waals surface area contributed by atoms with E-state index >= 15 is 0 Å². The molecule has 1 saturated carbocycles. The summed E-state index contributed by atoms with van der Waals surface area (Å²) in [5.74, 6) is 0.259. The highest BCUT2D eigenvalue weighted by atomic mass is 16.5. The molecule has 0 aromatic carbocycles. The molecule has 0 spiro atoms. The van der Waals surface area contributed by atoms with Gasteiger partial charge in [-0.05, 0) is 33.1 Å². The van der Waals surface area contributed by atoms with Crippen molar-refractivity contribution in [2.75, 3.05) is 13.3 Å². The molecule has 1 aliphatic heterocycles. The van der Waals surface area contributed by atoms with Crippen molar-refractivity contribution in [3.05, 3.63) is 0 Å². The minimum atomic E-state index is -0.337. The van der Waals surface area contributed by atoms with E-state index in [-0.39, 0.29) is 11.4 Å². The van der Waals surface area contributed by atoms with Crippen LogP contribution in [0.2, 0.25) is 0 Å². The number of ether oxygens (including phenoxy) is 1. The molecule has 16 heavy (non-hydrogen) atoms. The molecule has 1 N–H and O–H groups in total. The molecule has 0 aromatic heterocycles. The molecule has 1 unspecified atom stereocenters. The normalized spacial score (nSPS) is 38.9. The molecule has 0 bridgehead atoms. The van der Waals surface area contributed by atoms with E-state index in [1.807, 2.05) is 18.7 Å². The zero-order valence-corrected chi connectivity index (χ0v) is 10.5. The highest BCUT2D eigenvalue weighted by Crippen LogP contribution is 2.32. The Kier molecular flexibility index (Phi) is 3.22. The lowest BCUT2D eigenvalue weighted by Crippen LogP contribution is -2.51. The zero-order chi connectivity index (χ0) is 11.8. The highest BCUT2D eigenvalue weighted by Gasteiger charge is 2.46. The summed E-state index contributed by atoms with van der Waals surface area (Å²) in [6.45, 7) is 7.54. The predicted molar refractivity (Wildman–Crippen MR) is 62.0 cm³/mol. The monoisotopic (exact) mass is 226 g/mol. The first-order valence-corrected chi connectivity index (χ1v) is 6.28. The van der Waals surface area contributed by atoms with Gasteiger partial charge in [0.05, 0.1) is 18.3 Å². The van der Waals surface area contributed by atoms with Crippen molar-refractivity contribution in [3.8, 4) is 0 Å². The first-order chi connectivity index (χ1) is 7.60. The summed E-state index contributed by atoms with van der Waals surface area (Å²) >= 11 is 0. The van der Waals surface area contributed by atoms with E-state index in [1.54, 1.807) is 0 Å². The third-order valence-corrected chi connectivity index (χ3v) is 3.99. The molecule has 4 nitrogen and oxygen atoms in total. The van der Waals surface area contributed by atoms with Crippen LogP contribution in [0.4, 0.5) is 0 Å². The maximum atomic E-state index is 12.2. The van der Waals surface area contributed by atoms with Crippen LogP contribution in [0.1, 0.15) is 40.0 Å². The van der Waals surface area contributed by atoms with E-state index in [4.69, 9.17) is 4.74 Å². The summed E-state index contributed by atoms with van der Waals surface area (Å²) in [5.41, 5.74) is -0.337. The van der Waals surface area contributed by atoms with Gasteiger partial charge in [0, 0.05) is 12.6 Å². The third kappa shape index (κ3) is 1.84. The summed E-state index contributed by atoms with van der Waals surface area (Å²) in [7, 11) is 0. The van der Waals surface area contributed by atoms with E-state index < -0.39 is 0 Å². The van der Waals surface area contributed by atoms with Crippen LogP contribution in [-0.4, -0.2) is 41.8 Å². The summed E-state index contributed by atoms with van der Waals surface area (Å²) in [6.07, 6.45) is 3.22. The maximum Gasteiger partial charge on any atom is 0.243 e. The van der Waals surface area contributed by atoms with Gasteiger partial charge in [-0.2, -0.15) is 0 Å². The first-order valence-electron chi connectivity index (χ1n) is 6.28. The van der Waals surface area contributed by atoms with Crippen LogP contribution in [0.25, 0.3) is 0 Å². The number of hydrogen-bond acceptors (Lipinski definition) is 3. The van der Waals surface area contributed by atoms with Crippen LogP contribution in [0.5, 0.6) is 0 Å². The summed E-state index contributed by atoms with van der Waals surface area (Å²) < 4.78 is 5.52. The summed E-state index contributed by atoms with van der Waals surface area (Å²) in [5, 5.41) is 3.31. The lowest BCUT2D eigenvalue weighted by Gasteiger charge is -2.40. The lowest BCUT2D eigenvalue weighted by atomic mass is 9.87. The maximum absolute atomic E-state index is 12.2. The standard InChI is InChI=1S/C12H22N2O2/c1-4-12(3)11(15)14(8-13-12)9-6-10(7-9)16-5-2/h9-10,13H,4-8H2,1-3H3. The Hall–Kier alpha value is -0.610. The fourth-order valence-corrected chi connectivity index (χ4v) is 2.46. The Morgan fingerprint density at radius 1 is 1.50 bits per heavy atom. The molecule has 0 aromatic rings. The lowest BCUT2D eigenvalue weighted by molar-refractivity contribution is -0.138. The highest BCUT2D eigenvalue weighted by molar-refractivity contribution is 5.88. The van der Waals surface area contributed by atoms with Crippen molar-refractivity contribution >= 4 is 5.91 Å². The largest absolute Gasteiger partial charge is 0.378 e. The van der Waals surface area contributed by atoms with Crippen molar-refractivity contribution in [2.45, 2.75) is 57.7 Å². The van der Waals surface area contributed by atoms with E-state index in [1.165, 1.54) is 0 Å². The van der Waals surface area contributed by atoms with Gasteiger partial charge in [-0.3, -0.25) is 10.1 Å². The smallest absolute Gasteiger partial charge is 0.243 e. The van der Waals surface area contributed by atoms with Crippen molar-refractivity contribution in [1.82, 2.24) is 10.2 Å². The zero-order valence-electron chi connectivity index (χ0n) is 10.5. The van der Waals surface area contributed by atoms with Crippen LogP contribution in [0, 0.1) is 0 Å². The quantitative estimate of drug-likeness (QED) is 0.781. The Morgan fingerprint density at radius 2 is 2.19 bits per heavy atom. The van der Waals surface area contributed by atoms with E-state index in [2.05, 4.69) is 12.2 Å². The van der Waals surface area contributed by atoms with Gasteiger partial charge in [-0.15, -0.1) is 0 Å². The van der Waals surface area contributed by atoms with Crippen LogP contribution < -0.4 is 5.32 Å². The molecular formula is C12H22N2O2. The van der Waals surface area contributed by atoms with Gasteiger partial charge in [-0.25, -0.2) is 0 Å². The Bertz CT molecular complexity index is 276.